The Morgan fingerprint density at radius 1 is 1.09 bits per heavy atom. The van der Waals surface area contributed by atoms with Crippen LogP contribution in [-0.4, -0.2) is 72.7 Å². The molecule has 4 rings (SSSR count). The Labute approximate surface area is 183 Å². The Balaban J connectivity index is 1.63. The first-order valence-corrected chi connectivity index (χ1v) is 10.5. The minimum atomic E-state index is -1.08. The number of aliphatic hydroxyl groups is 2. The molecule has 1 saturated heterocycles. The van der Waals surface area contributed by atoms with Crippen LogP contribution in [0.4, 0.5) is 10.1 Å². The summed E-state index contributed by atoms with van der Waals surface area (Å²) in [6, 6.07) is 6.68. The summed E-state index contributed by atoms with van der Waals surface area (Å²) in [5.74, 6) is 0.266. The number of rotatable bonds is 6. The second-order valence-corrected chi connectivity index (χ2v) is 8.07. The number of anilines is 1. The van der Waals surface area contributed by atoms with Crippen LogP contribution >= 0.6 is 0 Å². The molecule has 0 spiro atoms. The van der Waals surface area contributed by atoms with Crippen LogP contribution in [0.1, 0.15) is 5.82 Å². The minimum Gasteiger partial charge on any atom is -0.394 e. The molecule has 1 fully saturated rings. The van der Waals surface area contributed by atoms with Gasteiger partial charge >= 0.3 is 5.69 Å². The van der Waals surface area contributed by atoms with Gasteiger partial charge in [-0.2, -0.15) is 0 Å². The zero-order chi connectivity index (χ0) is 23.0. The number of halogens is 1. The summed E-state index contributed by atoms with van der Waals surface area (Å²) in [6.45, 7) is 2.45. The first kappa shape index (κ1) is 22.2. The molecule has 11 heteroatoms. The molecule has 172 valence electrons. The van der Waals surface area contributed by atoms with E-state index in [4.69, 9.17) is 0 Å². The summed E-state index contributed by atoms with van der Waals surface area (Å²) in [5, 5.41) is 19.4. The van der Waals surface area contributed by atoms with E-state index in [1.54, 1.807) is 23.7 Å². The van der Waals surface area contributed by atoms with Gasteiger partial charge in [0, 0.05) is 40.3 Å². The molecule has 2 aromatic heterocycles. The van der Waals surface area contributed by atoms with Gasteiger partial charge in [-0.25, -0.2) is 14.2 Å². The van der Waals surface area contributed by atoms with Crippen LogP contribution in [0.2, 0.25) is 0 Å². The van der Waals surface area contributed by atoms with E-state index >= 15 is 0 Å². The number of nitrogens with zero attached hydrogens (tertiary/aromatic N) is 6. The molecule has 0 bridgehead atoms. The third-order valence-corrected chi connectivity index (χ3v) is 5.96. The van der Waals surface area contributed by atoms with Gasteiger partial charge in [0.2, 0.25) is 0 Å². The van der Waals surface area contributed by atoms with Crippen molar-refractivity contribution >= 4 is 16.9 Å². The average molecular weight is 446 g/mol. The zero-order valence-corrected chi connectivity index (χ0v) is 18.1. The van der Waals surface area contributed by atoms with Gasteiger partial charge in [0.25, 0.3) is 5.56 Å². The maximum Gasteiger partial charge on any atom is 0.332 e. The topological polar surface area (TPSA) is 109 Å². The van der Waals surface area contributed by atoms with E-state index in [1.807, 2.05) is 11.0 Å². The monoisotopic (exact) mass is 446 g/mol. The number of benzene rings is 1. The number of aromatic nitrogens is 4. The van der Waals surface area contributed by atoms with Gasteiger partial charge in [-0.1, -0.05) is 12.1 Å². The van der Waals surface area contributed by atoms with Crippen LogP contribution in [0.3, 0.4) is 0 Å². The van der Waals surface area contributed by atoms with Gasteiger partial charge in [-0.15, -0.1) is 0 Å². The molecule has 2 N–H and O–H groups in total. The molecule has 1 aromatic carbocycles. The molecule has 0 unspecified atom stereocenters. The molecule has 1 atom stereocenters. The van der Waals surface area contributed by atoms with Crippen molar-refractivity contribution in [1.82, 2.24) is 23.6 Å². The van der Waals surface area contributed by atoms with Crippen molar-refractivity contribution in [2.45, 2.75) is 19.2 Å². The number of imidazole rings is 1. The molecule has 0 saturated carbocycles. The molecule has 10 nitrogen and oxygen atoms in total. The van der Waals surface area contributed by atoms with Crippen LogP contribution in [0.5, 0.6) is 0 Å². The van der Waals surface area contributed by atoms with Gasteiger partial charge in [0.1, 0.15) is 11.6 Å². The van der Waals surface area contributed by atoms with Crippen LogP contribution in [0.25, 0.3) is 11.2 Å². The van der Waals surface area contributed by atoms with Crippen molar-refractivity contribution in [3.8, 4) is 0 Å². The Morgan fingerprint density at radius 3 is 2.44 bits per heavy atom. The normalized spacial score (nSPS) is 16.1. The maximum atomic E-state index is 14.1. The van der Waals surface area contributed by atoms with E-state index in [2.05, 4.69) is 9.88 Å². The zero-order valence-electron chi connectivity index (χ0n) is 18.1. The van der Waals surface area contributed by atoms with Crippen LogP contribution in [0.15, 0.2) is 33.9 Å². The highest BCUT2D eigenvalue weighted by Crippen LogP contribution is 2.21. The maximum absolute atomic E-state index is 14.1. The van der Waals surface area contributed by atoms with Gasteiger partial charge in [-0.05, 0) is 12.1 Å². The summed E-state index contributed by atoms with van der Waals surface area (Å²) in [7, 11) is 2.94. The summed E-state index contributed by atoms with van der Waals surface area (Å²) in [6.07, 6.45) is -1.08. The van der Waals surface area contributed by atoms with E-state index in [0.717, 1.165) is 4.57 Å². The number of aliphatic hydroxyl groups excluding tert-OH is 2. The van der Waals surface area contributed by atoms with Crippen LogP contribution in [0, 0.1) is 5.82 Å². The smallest absolute Gasteiger partial charge is 0.332 e. The Hall–Kier alpha value is -3.02. The van der Waals surface area contributed by atoms with Crippen molar-refractivity contribution in [2.24, 2.45) is 14.1 Å². The lowest BCUT2D eigenvalue weighted by Crippen LogP contribution is -2.46. The van der Waals surface area contributed by atoms with E-state index in [1.165, 1.54) is 17.7 Å². The predicted octanol–water partition coefficient (Wildman–Crippen LogP) is -0.752. The summed E-state index contributed by atoms with van der Waals surface area (Å²) < 4.78 is 18.0. The molecule has 32 heavy (non-hydrogen) atoms. The van der Waals surface area contributed by atoms with E-state index < -0.39 is 24.0 Å². The molecule has 1 aliphatic rings. The fraction of sp³-hybridized carbons (Fsp3) is 0.476. The first-order valence-electron chi connectivity index (χ1n) is 10.5. The van der Waals surface area contributed by atoms with E-state index in [9.17, 15) is 24.2 Å². The summed E-state index contributed by atoms with van der Waals surface area (Å²) >= 11 is 0. The lowest BCUT2D eigenvalue weighted by molar-refractivity contribution is 0.0806. The fourth-order valence-electron chi connectivity index (χ4n) is 4.13. The molecule has 3 heterocycles. The summed E-state index contributed by atoms with van der Waals surface area (Å²) in [4.78, 5) is 33.8. The fourth-order valence-corrected chi connectivity index (χ4v) is 4.13. The lowest BCUT2D eigenvalue weighted by atomic mass is 10.2. The van der Waals surface area contributed by atoms with Crippen molar-refractivity contribution in [3.63, 3.8) is 0 Å². The molecule has 0 aliphatic carbocycles. The number of hydrogen-bond donors (Lipinski definition) is 2. The molecule has 0 radical (unpaired) electrons. The number of hydrogen-bond acceptors (Lipinski definition) is 7. The van der Waals surface area contributed by atoms with Crippen molar-refractivity contribution in [1.29, 1.82) is 0 Å². The Morgan fingerprint density at radius 2 is 1.78 bits per heavy atom. The number of fused-ring (bicyclic) bond motifs is 1. The van der Waals surface area contributed by atoms with Crippen molar-refractivity contribution < 1.29 is 14.6 Å². The Kier molecular flexibility index (Phi) is 6.13. The highest BCUT2D eigenvalue weighted by Gasteiger charge is 2.24. The van der Waals surface area contributed by atoms with Crippen LogP contribution < -0.4 is 16.1 Å². The van der Waals surface area contributed by atoms with Crippen molar-refractivity contribution in [2.75, 3.05) is 37.7 Å². The van der Waals surface area contributed by atoms with E-state index in [-0.39, 0.29) is 23.5 Å². The standard InChI is InChI=1S/C21H27FN6O4/c1-24-19-18(20(31)25(2)21(24)32)28(11-14(30)13-29)17(23-19)12-26-7-9-27(10-8-26)16-6-4-3-5-15(16)22/h3-6,14,29-30H,7-13H2,1-2H3/t14-/m1/s1. The van der Waals surface area contributed by atoms with Crippen LogP contribution in [-0.2, 0) is 27.2 Å². The molecular formula is C21H27FN6O4. The molecule has 1 aliphatic heterocycles. The molecule has 0 amide bonds. The van der Waals surface area contributed by atoms with Gasteiger partial charge in [-0.3, -0.25) is 18.8 Å². The van der Waals surface area contributed by atoms with E-state index in [0.29, 0.717) is 44.2 Å². The highest BCUT2D eigenvalue weighted by atomic mass is 19.1. The second kappa shape index (κ2) is 8.85. The number of aryl methyl sites for hydroxylation is 1. The first-order chi connectivity index (χ1) is 15.3. The number of piperazine rings is 1. The second-order valence-electron chi connectivity index (χ2n) is 8.07. The van der Waals surface area contributed by atoms with Gasteiger partial charge < -0.3 is 19.7 Å². The number of para-hydroxylation sites is 1. The van der Waals surface area contributed by atoms with Gasteiger partial charge in [0.15, 0.2) is 11.2 Å². The van der Waals surface area contributed by atoms with Crippen molar-refractivity contribution in [3.05, 3.63) is 56.7 Å². The molecular weight excluding hydrogens is 419 g/mol. The Bertz CT molecular complexity index is 1240. The minimum absolute atomic E-state index is 0.0228. The quantitative estimate of drug-likeness (QED) is 0.513. The SMILES string of the molecule is Cn1c(=O)c2c(nc(CN3CCN(c4ccccc4F)CC3)n2C[C@@H](O)CO)n(C)c1=O. The average Bonchev–Trinajstić information content (AvgIpc) is 3.15. The lowest BCUT2D eigenvalue weighted by Gasteiger charge is -2.36. The summed E-state index contributed by atoms with van der Waals surface area (Å²) in [5.41, 5.74) is 0.0329. The third-order valence-electron chi connectivity index (χ3n) is 5.96. The molecule has 3 aromatic rings. The highest BCUT2D eigenvalue weighted by molar-refractivity contribution is 5.71. The predicted molar refractivity (Wildman–Crippen MR) is 117 cm³/mol. The third kappa shape index (κ3) is 3.94. The van der Waals surface area contributed by atoms with Gasteiger partial charge in [0.05, 0.1) is 31.5 Å². The largest absolute Gasteiger partial charge is 0.394 e.